The third-order valence-corrected chi connectivity index (χ3v) is 5.94. The molecule has 1 heterocycles. The molecule has 6 heteroatoms. The summed E-state index contributed by atoms with van der Waals surface area (Å²) in [6, 6.07) is 10.6. The Hall–Kier alpha value is -2.08. The molecule has 2 fully saturated rings. The van der Waals surface area contributed by atoms with Gasteiger partial charge in [0.1, 0.15) is 0 Å². The van der Waals surface area contributed by atoms with Crippen LogP contribution in [0.5, 0.6) is 0 Å². The summed E-state index contributed by atoms with van der Waals surface area (Å²) in [5.41, 5.74) is 1.37. The SMILES string of the molecule is CCNC(=NCCCc1ccccc1)NCCN1CCN(C(=O)C2CCC2)CC1. The number of aliphatic imine (C=N–C) groups is 1. The van der Waals surface area contributed by atoms with Crippen LogP contribution in [0.25, 0.3) is 0 Å². The summed E-state index contributed by atoms with van der Waals surface area (Å²) in [6.45, 7) is 9.36. The molecule has 160 valence electrons. The second-order valence-corrected chi connectivity index (χ2v) is 8.07. The van der Waals surface area contributed by atoms with Gasteiger partial charge in [-0.15, -0.1) is 0 Å². The smallest absolute Gasteiger partial charge is 0.225 e. The normalized spacial score (nSPS) is 18.4. The Kier molecular flexibility index (Phi) is 8.81. The summed E-state index contributed by atoms with van der Waals surface area (Å²) in [7, 11) is 0. The number of hydrogen-bond donors (Lipinski definition) is 2. The first-order valence-corrected chi connectivity index (χ1v) is 11.3. The van der Waals surface area contributed by atoms with Crippen LogP contribution >= 0.6 is 0 Å². The Morgan fingerprint density at radius 2 is 1.86 bits per heavy atom. The Morgan fingerprint density at radius 3 is 2.52 bits per heavy atom. The summed E-state index contributed by atoms with van der Waals surface area (Å²) >= 11 is 0. The summed E-state index contributed by atoms with van der Waals surface area (Å²) < 4.78 is 0. The zero-order valence-corrected chi connectivity index (χ0v) is 17.9. The van der Waals surface area contributed by atoms with Crippen molar-refractivity contribution in [3.05, 3.63) is 35.9 Å². The van der Waals surface area contributed by atoms with Crippen LogP contribution < -0.4 is 10.6 Å². The number of carbonyl (C=O) groups is 1. The largest absolute Gasteiger partial charge is 0.357 e. The molecule has 29 heavy (non-hydrogen) atoms. The third-order valence-electron chi connectivity index (χ3n) is 5.94. The highest BCUT2D eigenvalue weighted by atomic mass is 16.2. The van der Waals surface area contributed by atoms with Crippen LogP contribution in [0.4, 0.5) is 0 Å². The van der Waals surface area contributed by atoms with Gasteiger partial charge in [0.15, 0.2) is 5.96 Å². The summed E-state index contributed by atoms with van der Waals surface area (Å²) in [4.78, 5) is 21.6. The molecule has 0 bridgehead atoms. The van der Waals surface area contributed by atoms with E-state index in [1.807, 2.05) is 0 Å². The highest BCUT2D eigenvalue weighted by Crippen LogP contribution is 2.28. The average Bonchev–Trinajstić information content (AvgIpc) is 2.71. The molecule has 1 aromatic carbocycles. The lowest BCUT2D eigenvalue weighted by Gasteiger charge is -2.38. The van der Waals surface area contributed by atoms with Crippen LogP contribution in [0.2, 0.25) is 0 Å². The van der Waals surface area contributed by atoms with Gasteiger partial charge >= 0.3 is 0 Å². The highest BCUT2D eigenvalue weighted by Gasteiger charge is 2.30. The van der Waals surface area contributed by atoms with E-state index in [0.29, 0.717) is 11.8 Å². The first-order valence-electron chi connectivity index (χ1n) is 11.3. The van der Waals surface area contributed by atoms with Gasteiger partial charge in [-0.3, -0.25) is 14.7 Å². The second-order valence-electron chi connectivity index (χ2n) is 8.07. The van der Waals surface area contributed by atoms with E-state index >= 15 is 0 Å². The van der Waals surface area contributed by atoms with Gasteiger partial charge in [0, 0.05) is 58.3 Å². The van der Waals surface area contributed by atoms with Crippen molar-refractivity contribution < 1.29 is 4.79 Å². The molecule has 2 aliphatic rings. The minimum Gasteiger partial charge on any atom is -0.357 e. The molecular weight excluding hydrogens is 362 g/mol. The first kappa shape index (κ1) is 21.6. The van der Waals surface area contributed by atoms with Gasteiger partial charge in [-0.1, -0.05) is 36.8 Å². The Labute approximate surface area is 175 Å². The van der Waals surface area contributed by atoms with Crippen LogP contribution in [-0.2, 0) is 11.2 Å². The number of guanidine groups is 1. The number of carbonyl (C=O) groups excluding carboxylic acids is 1. The molecule has 1 aromatic rings. The number of hydrogen-bond acceptors (Lipinski definition) is 3. The lowest BCUT2D eigenvalue weighted by atomic mass is 9.84. The molecule has 1 amide bonds. The first-order chi connectivity index (χ1) is 14.3. The number of rotatable bonds is 9. The van der Waals surface area contributed by atoms with Crippen molar-refractivity contribution in [3.8, 4) is 0 Å². The summed E-state index contributed by atoms with van der Waals surface area (Å²) in [5.74, 6) is 1.62. The Morgan fingerprint density at radius 1 is 1.10 bits per heavy atom. The lowest BCUT2D eigenvalue weighted by molar-refractivity contribution is -0.139. The quantitative estimate of drug-likeness (QED) is 0.379. The third kappa shape index (κ3) is 7.03. The topological polar surface area (TPSA) is 60.0 Å². The molecule has 1 saturated heterocycles. The molecule has 1 saturated carbocycles. The number of amides is 1. The van der Waals surface area contributed by atoms with Crippen LogP contribution in [0.3, 0.4) is 0 Å². The predicted molar refractivity (Wildman–Crippen MR) is 119 cm³/mol. The number of aryl methyl sites for hydroxylation is 1. The number of benzene rings is 1. The fraction of sp³-hybridized carbons (Fsp3) is 0.652. The zero-order valence-electron chi connectivity index (χ0n) is 17.9. The van der Waals surface area contributed by atoms with Gasteiger partial charge in [0.2, 0.25) is 5.91 Å². The highest BCUT2D eigenvalue weighted by molar-refractivity contribution is 5.80. The van der Waals surface area contributed by atoms with Crippen molar-refractivity contribution in [1.82, 2.24) is 20.4 Å². The molecule has 0 atom stereocenters. The van der Waals surface area contributed by atoms with Gasteiger partial charge in [-0.25, -0.2) is 0 Å². The molecular formula is C23H37N5O. The molecule has 3 rings (SSSR count). The van der Waals surface area contributed by atoms with Crippen molar-refractivity contribution in [1.29, 1.82) is 0 Å². The van der Waals surface area contributed by atoms with Crippen molar-refractivity contribution in [3.63, 3.8) is 0 Å². The van der Waals surface area contributed by atoms with E-state index < -0.39 is 0 Å². The zero-order chi connectivity index (χ0) is 20.3. The van der Waals surface area contributed by atoms with E-state index in [9.17, 15) is 4.79 Å². The Balaban J connectivity index is 1.31. The monoisotopic (exact) mass is 399 g/mol. The van der Waals surface area contributed by atoms with E-state index in [1.54, 1.807) is 0 Å². The molecule has 0 spiro atoms. The summed E-state index contributed by atoms with van der Waals surface area (Å²) in [6.07, 6.45) is 5.54. The Bertz CT molecular complexity index is 636. The van der Waals surface area contributed by atoms with Crippen molar-refractivity contribution in [2.24, 2.45) is 10.9 Å². The van der Waals surface area contributed by atoms with Gasteiger partial charge in [-0.2, -0.15) is 0 Å². The number of nitrogens with one attached hydrogen (secondary N) is 2. The van der Waals surface area contributed by atoms with E-state index in [4.69, 9.17) is 4.99 Å². The molecule has 2 N–H and O–H groups in total. The lowest BCUT2D eigenvalue weighted by Crippen LogP contribution is -2.52. The molecule has 0 aromatic heterocycles. The van der Waals surface area contributed by atoms with Gasteiger partial charge in [-0.05, 0) is 38.2 Å². The molecule has 1 aliphatic heterocycles. The maximum Gasteiger partial charge on any atom is 0.225 e. The van der Waals surface area contributed by atoms with Gasteiger partial charge < -0.3 is 15.5 Å². The van der Waals surface area contributed by atoms with Crippen molar-refractivity contribution in [2.75, 3.05) is 52.4 Å². The van der Waals surface area contributed by atoms with Crippen molar-refractivity contribution >= 4 is 11.9 Å². The predicted octanol–water partition coefficient (Wildman–Crippen LogP) is 2.12. The van der Waals surface area contributed by atoms with Crippen LogP contribution in [0, 0.1) is 5.92 Å². The van der Waals surface area contributed by atoms with E-state index in [-0.39, 0.29) is 0 Å². The summed E-state index contributed by atoms with van der Waals surface area (Å²) in [5, 5.41) is 6.79. The van der Waals surface area contributed by atoms with Crippen molar-refractivity contribution in [2.45, 2.75) is 39.0 Å². The van der Waals surface area contributed by atoms with Crippen LogP contribution in [0.1, 0.15) is 38.2 Å². The molecule has 1 aliphatic carbocycles. The van der Waals surface area contributed by atoms with E-state index in [1.165, 1.54) is 12.0 Å². The van der Waals surface area contributed by atoms with Crippen LogP contribution in [-0.4, -0.2) is 74.0 Å². The fourth-order valence-electron chi connectivity index (χ4n) is 3.90. The van der Waals surface area contributed by atoms with Gasteiger partial charge in [0.25, 0.3) is 0 Å². The molecule has 6 nitrogen and oxygen atoms in total. The minimum absolute atomic E-state index is 0.323. The standard InChI is InChI=1S/C23H37N5O/c1-2-24-23(25-13-7-10-20-8-4-3-5-9-20)26-14-15-27-16-18-28(19-17-27)22(29)21-11-6-12-21/h3-5,8-9,21H,2,6-7,10-19H2,1H3,(H2,24,25,26). The fourth-order valence-corrected chi connectivity index (χ4v) is 3.90. The van der Waals surface area contributed by atoms with Gasteiger partial charge in [0.05, 0.1) is 0 Å². The maximum absolute atomic E-state index is 12.3. The maximum atomic E-state index is 12.3. The second kappa shape index (κ2) is 11.8. The van der Waals surface area contributed by atoms with E-state index in [0.717, 1.165) is 84.0 Å². The number of piperazine rings is 1. The van der Waals surface area contributed by atoms with Crippen LogP contribution in [0.15, 0.2) is 35.3 Å². The minimum atomic E-state index is 0.323. The number of nitrogens with zero attached hydrogens (tertiary/aromatic N) is 3. The molecule has 0 radical (unpaired) electrons. The molecule has 0 unspecified atom stereocenters. The average molecular weight is 400 g/mol. The van der Waals surface area contributed by atoms with E-state index in [2.05, 4.69) is 57.7 Å².